The van der Waals surface area contributed by atoms with Crippen molar-refractivity contribution in [2.24, 2.45) is 12.0 Å². The summed E-state index contributed by atoms with van der Waals surface area (Å²) in [4.78, 5) is 6.56. The highest BCUT2D eigenvalue weighted by molar-refractivity contribution is 5.79. The van der Waals surface area contributed by atoms with E-state index in [2.05, 4.69) is 15.5 Å². The smallest absolute Gasteiger partial charge is 0.349 e. The van der Waals surface area contributed by atoms with Crippen LogP contribution < -0.4 is 5.32 Å². The molecule has 9 heteroatoms. The first-order valence-corrected chi connectivity index (χ1v) is 9.78. The van der Waals surface area contributed by atoms with E-state index in [1.807, 2.05) is 60.8 Å². The minimum atomic E-state index is -4.34. The highest BCUT2D eigenvalue weighted by atomic mass is 19.4. The van der Waals surface area contributed by atoms with Gasteiger partial charge in [0.1, 0.15) is 5.82 Å². The van der Waals surface area contributed by atoms with Gasteiger partial charge in [-0.05, 0) is 30.2 Å². The van der Waals surface area contributed by atoms with Gasteiger partial charge in [-0.1, -0.05) is 42.5 Å². The Kier molecular flexibility index (Phi) is 6.94. The number of guanidine groups is 1. The monoisotopic (exact) mass is 430 g/mol. The summed E-state index contributed by atoms with van der Waals surface area (Å²) in [5.74, 6) is 2.18. The Morgan fingerprint density at radius 1 is 1.03 bits per heavy atom. The van der Waals surface area contributed by atoms with Crippen molar-refractivity contribution < 1.29 is 13.2 Å². The molecular formula is C22H25F3N6. The number of aryl methyl sites for hydroxylation is 1. The summed E-state index contributed by atoms with van der Waals surface area (Å²) >= 11 is 0. The number of nitrogens with one attached hydrogen (secondary N) is 1. The predicted octanol–water partition coefficient (Wildman–Crippen LogP) is 3.92. The van der Waals surface area contributed by atoms with Gasteiger partial charge in [0.05, 0.1) is 18.7 Å². The molecule has 0 unspecified atom stereocenters. The first-order valence-electron chi connectivity index (χ1n) is 9.78. The summed E-state index contributed by atoms with van der Waals surface area (Å²) in [5.41, 5.74) is 1.14. The molecule has 3 aromatic rings. The number of hydrogen-bond donors (Lipinski definition) is 1. The maximum absolute atomic E-state index is 12.8. The molecule has 0 radical (unpaired) electrons. The van der Waals surface area contributed by atoms with Gasteiger partial charge in [-0.3, -0.25) is 0 Å². The zero-order valence-electron chi connectivity index (χ0n) is 17.7. The van der Waals surface area contributed by atoms with Gasteiger partial charge < -0.3 is 14.8 Å². The zero-order chi connectivity index (χ0) is 22.4. The molecule has 0 fully saturated rings. The van der Waals surface area contributed by atoms with Crippen molar-refractivity contribution >= 4 is 5.96 Å². The average Bonchev–Trinajstić information content (AvgIpc) is 3.06. The molecule has 0 aliphatic rings. The number of aromatic nitrogens is 3. The molecule has 1 heterocycles. The van der Waals surface area contributed by atoms with Gasteiger partial charge in [0.2, 0.25) is 0 Å². The summed E-state index contributed by atoms with van der Waals surface area (Å²) in [7, 11) is 3.73. The number of alkyl halides is 3. The number of benzene rings is 2. The van der Waals surface area contributed by atoms with Crippen molar-refractivity contribution in [3.8, 4) is 0 Å². The van der Waals surface area contributed by atoms with Crippen molar-refractivity contribution in [2.45, 2.75) is 32.7 Å². The van der Waals surface area contributed by atoms with Crippen molar-refractivity contribution in [3.05, 3.63) is 82.9 Å². The maximum atomic E-state index is 12.8. The van der Waals surface area contributed by atoms with Gasteiger partial charge in [-0.25, -0.2) is 4.99 Å². The lowest BCUT2D eigenvalue weighted by Crippen LogP contribution is -2.38. The maximum Gasteiger partial charge on any atom is 0.416 e. The molecule has 0 saturated heterocycles. The molecule has 0 saturated carbocycles. The fraction of sp³-hybridized carbons (Fsp3) is 0.318. The number of rotatable bonds is 6. The Morgan fingerprint density at radius 3 is 2.29 bits per heavy atom. The first-order chi connectivity index (χ1) is 14.7. The Morgan fingerprint density at radius 2 is 1.71 bits per heavy atom. The van der Waals surface area contributed by atoms with E-state index in [-0.39, 0.29) is 0 Å². The molecule has 1 aromatic heterocycles. The molecule has 3 rings (SSSR count). The lowest BCUT2D eigenvalue weighted by molar-refractivity contribution is -0.137. The van der Waals surface area contributed by atoms with Crippen LogP contribution in [-0.2, 0) is 32.9 Å². The third-order valence-corrected chi connectivity index (χ3v) is 4.90. The van der Waals surface area contributed by atoms with Crippen LogP contribution in [0.2, 0.25) is 0 Å². The Hall–Kier alpha value is -3.36. The number of halogens is 3. The van der Waals surface area contributed by atoms with Crippen LogP contribution >= 0.6 is 0 Å². The molecule has 31 heavy (non-hydrogen) atoms. The Bertz CT molecular complexity index is 1010. The summed E-state index contributed by atoms with van der Waals surface area (Å²) in [6.07, 6.45) is -4.34. The average molecular weight is 430 g/mol. The van der Waals surface area contributed by atoms with Crippen LogP contribution in [0.25, 0.3) is 0 Å². The van der Waals surface area contributed by atoms with Gasteiger partial charge in [-0.15, -0.1) is 10.2 Å². The largest absolute Gasteiger partial charge is 0.416 e. The van der Waals surface area contributed by atoms with E-state index in [0.717, 1.165) is 34.9 Å². The van der Waals surface area contributed by atoms with Crippen molar-refractivity contribution in [2.75, 3.05) is 7.05 Å². The van der Waals surface area contributed by atoms with Crippen LogP contribution in [0.15, 0.2) is 59.6 Å². The van der Waals surface area contributed by atoms with E-state index < -0.39 is 11.7 Å². The second-order valence-corrected chi connectivity index (χ2v) is 7.25. The number of nitrogens with zero attached hydrogens (tertiary/aromatic N) is 5. The normalized spacial score (nSPS) is 12.1. The molecular weight excluding hydrogens is 405 g/mol. The van der Waals surface area contributed by atoms with Crippen LogP contribution in [0, 0.1) is 6.92 Å². The fourth-order valence-corrected chi connectivity index (χ4v) is 2.97. The quantitative estimate of drug-likeness (QED) is 0.476. The highest BCUT2D eigenvalue weighted by Gasteiger charge is 2.29. The number of aliphatic imine (C=N–C) groups is 1. The SMILES string of the molecule is Cc1nnc(CNC(=NCc2ccccc2)N(C)Cc2ccc(C(F)(F)F)cc2)n1C. The molecule has 0 spiro atoms. The van der Waals surface area contributed by atoms with Gasteiger partial charge in [0.25, 0.3) is 0 Å². The zero-order valence-corrected chi connectivity index (χ0v) is 17.7. The second kappa shape index (κ2) is 9.63. The summed E-state index contributed by atoms with van der Waals surface area (Å²) in [6, 6.07) is 15.0. The van der Waals surface area contributed by atoms with E-state index in [1.54, 1.807) is 0 Å². The lowest BCUT2D eigenvalue weighted by atomic mass is 10.1. The molecule has 0 aliphatic carbocycles. The molecule has 2 aromatic carbocycles. The van der Waals surface area contributed by atoms with Gasteiger partial charge >= 0.3 is 6.18 Å². The first kappa shape index (κ1) is 22.3. The lowest BCUT2D eigenvalue weighted by Gasteiger charge is -2.23. The van der Waals surface area contributed by atoms with Crippen molar-refractivity contribution in [1.29, 1.82) is 0 Å². The molecule has 6 nitrogen and oxygen atoms in total. The summed E-state index contributed by atoms with van der Waals surface area (Å²) < 4.78 is 40.3. The summed E-state index contributed by atoms with van der Waals surface area (Å²) in [5, 5.41) is 11.5. The van der Waals surface area contributed by atoms with E-state index in [4.69, 9.17) is 4.99 Å². The highest BCUT2D eigenvalue weighted by Crippen LogP contribution is 2.29. The molecule has 0 bridgehead atoms. The van der Waals surface area contributed by atoms with Gasteiger partial charge in [-0.2, -0.15) is 13.2 Å². The number of hydrogen-bond acceptors (Lipinski definition) is 3. The Labute approximate surface area is 179 Å². The van der Waals surface area contributed by atoms with Crippen LogP contribution in [0.1, 0.15) is 28.3 Å². The van der Waals surface area contributed by atoms with E-state index >= 15 is 0 Å². The van der Waals surface area contributed by atoms with Crippen LogP contribution in [0.4, 0.5) is 13.2 Å². The standard InChI is InChI=1S/C22H25F3N6/c1-16-28-29-20(31(16)3)14-27-21(26-13-17-7-5-4-6-8-17)30(2)15-18-9-11-19(12-10-18)22(23,24)25/h4-12H,13-15H2,1-3H3,(H,26,27). The van der Waals surface area contributed by atoms with E-state index in [0.29, 0.717) is 25.6 Å². The topological polar surface area (TPSA) is 58.3 Å². The summed E-state index contributed by atoms with van der Waals surface area (Å²) in [6.45, 7) is 3.16. The third kappa shape index (κ3) is 6.07. The second-order valence-electron chi connectivity index (χ2n) is 7.25. The van der Waals surface area contributed by atoms with Crippen LogP contribution in [0.3, 0.4) is 0 Å². The van der Waals surface area contributed by atoms with Crippen LogP contribution in [0.5, 0.6) is 0 Å². The fourth-order valence-electron chi connectivity index (χ4n) is 2.97. The molecule has 0 atom stereocenters. The minimum Gasteiger partial charge on any atom is -0.349 e. The van der Waals surface area contributed by atoms with E-state index in [9.17, 15) is 13.2 Å². The van der Waals surface area contributed by atoms with E-state index in [1.165, 1.54) is 12.1 Å². The van der Waals surface area contributed by atoms with Gasteiger partial charge in [0.15, 0.2) is 11.8 Å². The minimum absolute atomic E-state index is 0.399. The molecule has 164 valence electrons. The molecule has 1 N–H and O–H groups in total. The molecule has 0 amide bonds. The van der Waals surface area contributed by atoms with Crippen molar-refractivity contribution in [3.63, 3.8) is 0 Å². The van der Waals surface area contributed by atoms with Crippen molar-refractivity contribution in [1.82, 2.24) is 25.0 Å². The Balaban J connectivity index is 1.74. The van der Waals surface area contributed by atoms with Crippen LogP contribution in [-0.4, -0.2) is 32.7 Å². The van der Waals surface area contributed by atoms with Gasteiger partial charge in [0, 0.05) is 20.6 Å². The molecule has 0 aliphatic heterocycles. The predicted molar refractivity (Wildman–Crippen MR) is 113 cm³/mol. The third-order valence-electron chi connectivity index (χ3n) is 4.90.